The number of likely N-dealkylation sites (tertiary alicyclic amines) is 1. The van der Waals surface area contributed by atoms with Crippen molar-refractivity contribution >= 4 is 23.2 Å². The van der Waals surface area contributed by atoms with Gasteiger partial charge in [0.2, 0.25) is 0 Å². The van der Waals surface area contributed by atoms with Gasteiger partial charge in [0.1, 0.15) is 11.4 Å². The van der Waals surface area contributed by atoms with Crippen LogP contribution in [0.3, 0.4) is 0 Å². The molecule has 0 saturated carbocycles. The lowest BCUT2D eigenvalue weighted by molar-refractivity contribution is 0.0941. The van der Waals surface area contributed by atoms with E-state index in [0.717, 1.165) is 36.3 Å². The average molecular weight is 518 g/mol. The number of nitrogens with zero attached hydrogens (tertiary/aromatic N) is 4. The Hall–Kier alpha value is -3.42. The van der Waals surface area contributed by atoms with Crippen molar-refractivity contribution in [2.24, 2.45) is 0 Å². The number of para-hydroxylation sites is 1. The molecule has 1 aliphatic rings. The number of nitrogens with one attached hydrogen (secondary N) is 1. The van der Waals surface area contributed by atoms with Gasteiger partial charge in [0.25, 0.3) is 5.91 Å². The van der Waals surface area contributed by atoms with Gasteiger partial charge in [-0.15, -0.1) is 0 Å². The quantitative estimate of drug-likeness (QED) is 0.303. The molecule has 1 amide bonds. The van der Waals surface area contributed by atoms with Crippen LogP contribution in [0.2, 0.25) is 5.02 Å². The van der Waals surface area contributed by atoms with Crippen molar-refractivity contribution in [3.05, 3.63) is 71.4 Å². The topological polar surface area (TPSA) is 71.8 Å². The molecule has 0 radical (unpaired) electrons. The van der Waals surface area contributed by atoms with Crippen molar-refractivity contribution in [1.29, 1.82) is 0 Å². The molecule has 3 heterocycles. The summed E-state index contributed by atoms with van der Waals surface area (Å²) in [6.07, 6.45) is 4.72. The predicted molar refractivity (Wildman–Crippen MR) is 147 cm³/mol. The van der Waals surface area contributed by atoms with Crippen molar-refractivity contribution in [2.45, 2.75) is 38.6 Å². The van der Waals surface area contributed by atoms with Crippen LogP contribution >= 0.6 is 11.6 Å². The lowest BCUT2D eigenvalue weighted by Gasteiger charge is -2.33. The number of benzene rings is 2. The van der Waals surface area contributed by atoms with Crippen LogP contribution in [0.5, 0.6) is 5.75 Å². The summed E-state index contributed by atoms with van der Waals surface area (Å²) in [5, 5.41) is 8.50. The van der Waals surface area contributed by atoms with Crippen LogP contribution in [0.4, 0.5) is 0 Å². The zero-order chi connectivity index (χ0) is 25.8. The number of hydrogen-bond acceptors (Lipinski definition) is 5. The summed E-state index contributed by atoms with van der Waals surface area (Å²) in [6, 6.07) is 19.4. The highest BCUT2D eigenvalue weighted by Crippen LogP contribution is 2.30. The molecule has 4 aromatic rings. The molecule has 8 heteroatoms. The number of methoxy groups -OCH3 is 1. The molecular formula is C29H32ClN5O2. The van der Waals surface area contributed by atoms with E-state index in [0.29, 0.717) is 40.4 Å². The van der Waals surface area contributed by atoms with Gasteiger partial charge in [-0.3, -0.25) is 4.79 Å². The van der Waals surface area contributed by atoms with E-state index >= 15 is 0 Å². The molecule has 1 unspecified atom stereocenters. The molecule has 1 N–H and O–H groups in total. The second kappa shape index (κ2) is 11.3. The van der Waals surface area contributed by atoms with Crippen LogP contribution in [0, 0.1) is 0 Å². The van der Waals surface area contributed by atoms with E-state index in [9.17, 15) is 4.79 Å². The second-order valence-corrected chi connectivity index (χ2v) is 9.96. The smallest absolute Gasteiger partial charge is 0.270 e. The fraction of sp³-hybridized carbons (Fsp3) is 0.345. The SMILES string of the molecule is COc1ccccc1-c1cc(C(=O)NCCCN2CCCCC2C)n2nc(-c3ccc(Cl)cc3)cc2n1. The van der Waals surface area contributed by atoms with E-state index in [1.54, 1.807) is 17.7 Å². The molecule has 0 bridgehead atoms. The summed E-state index contributed by atoms with van der Waals surface area (Å²) >= 11 is 6.07. The van der Waals surface area contributed by atoms with Crippen LogP contribution in [0.25, 0.3) is 28.2 Å². The lowest BCUT2D eigenvalue weighted by Crippen LogP contribution is -2.39. The van der Waals surface area contributed by atoms with Crippen molar-refractivity contribution in [3.8, 4) is 28.3 Å². The number of aromatic nitrogens is 3. The Morgan fingerprint density at radius 1 is 1.11 bits per heavy atom. The molecule has 5 rings (SSSR count). The van der Waals surface area contributed by atoms with Gasteiger partial charge in [0, 0.05) is 41.3 Å². The zero-order valence-electron chi connectivity index (χ0n) is 21.3. The van der Waals surface area contributed by atoms with Crippen molar-refractivity contribution in [2.75, 3.05) is 26.7 Å². The van der Waals surface area contributed by atoms with E-state index < -0.39 is 0 Å². The van der Waals surface area contributed by atoms with Gasteiger partial charge < -0.3 is 15.0 Å². The minimum absolute atomic E-state index is 0.180. The monoisotopic (exact) mass is 517 g/mol. The summed E-state index contributed by atoms with van der Waals surface area (Å²) < 4.78 is 7.18. The maximum atomic E-state index is 13.4. The minimum Gasteiger partial charge on any atom is -0.496 e. The third-order valence-electron chi connectivity index (χ3n) is 7.03. The standard InChI is InChI=1S/C29H32ClN5O2/c1-20-8-5-6-16-34(20)17-7-15-31-29(36)26-18-25(23-9-3-4-10-27(23)37-2)32-28-19-24(33-35(26)28)21-11-13-22(30)14-12-21/h3-4,9-14,18-20H,5-8,15-17H2,1-2H3,(H,31,36). The molecule has 1 aliphatic heterocycles. The van der Waals surface area contributed by atoms with E-state index in [4.69, 9.17) is 26.4 Å². The molecule has 2 aromatic heterocycles. The fourth-order valence-corrected chi connectivity index (χ4v) is 5.08. The van der Waals surface area contributed by atoms with E-state index in [2.05, 4.69) is 17.1 Å². The maximum Gasteiger partial charge on any atom is 0.270 e. The molecule has 7 nitrogen and oxygen atoms in total. The molecule has 1 fully saturated rings. The summed E-state index contributed by atoms with van der Waals surface area (Å²) in [5.41, 5.74) is 4.10. The van der Waals surface area contributed by atoms with E-state index in [-0.39, 0.29) is 5.91 Å². The number of carbonyl (C=O) groups is 1. The van der Waals surface area contributed by atoms with Crippen LogP contribution in [-0.4, -0.2) is 58.2 Å². The first-order chi connectivity index (χ1) is 18.0. The van der Waals surface area contributed by atoms with Crippen LogP contribution < -0.4 is 10.1 Å². The van der Waals surface area contributed by atoms with Crippen LogP contribution in [0.15, 0.2) is 60.7 Å². The number of carbonyl (C=O) groups excluding carboxylic acids is 1. The Morgan fingerprint density at radius 2 is 1.92 bits per heavy atom. The first-order valence-electron chi connectivity index (χ1n) is 12.9. The normalized spacial score (nSPS) is 16.1. The summed E-state index contributed by atoms with van der Waals surface area (Å²) in [6.45, 7) is 5.02. The number of hydrogen-bond donors (Lipinski definition) is 1. The largest absolute Gasteiger partial charge is 0.496 e. The Kier molecular flexibility index (Phi) is 7.72. The first-order valence-corrected chi connectivity index (χ1v) is 13.2. The first kappa shape index (κ1) is 25.2. The number of halogens is 1. The number of piperidine rings is 1. The van der Waals surface area contributed by atoms with Gasteiger partial charge in [-0.2, -0.15) is 5.10 Å². The fourth-order valence-electron chi connectivity index (χ4n) is 4.96. The van der Waals surface area contributed by atoms with Crippen molar-refractivity contribution in [3.63, 3.8) is 0 Å². The Morgan fingerprint density at radius 3 is 2.70 bits per heavy atom. The van der Waals surface area contributed by atoms with Gasteiger partial charge >= 0.3 is 0 Å². The van der Waals surface area contributed by atoms with E-state index in [1.807, 2.05) is 54.6 Å². The highest BCUT2D eigenvalue weighted by atomic mass is 35.5. The molecule has 37 heavy (non-hydrogen) atoms. The summed E-state index contributed by atoms with van der Waals surface area (Å²) in [7, 11) is 1.63. The lowest BCUT2D eigenvalue weighted by atomic mass is 10.0. The van der Waals surface area contributed by atoms with Crippen molar-refractivity contribution in [1.82, 2.24) is 24.8 Å². The Bertz CT molecular complexity index is 1390. The van der Waals surface area contributed by atoms with Gasteiger partial charge in [0.05, 0.1) is 18.5 Å². The molecule has 0 spiro atoms. The molecule has 1 saturated heterocycles. The molecule has 0 aliphatic carbocycles. The van der Waals surface area contributed by atoms with Crippen molar-refractivity contribution < 1.29 is 9.53 Å². The summed E-state index contributed by atoms with van der Waals surface area (Å²) in [5.74, 6) is 0.514. The van der Waals surface area contributed by atoms with Gasteiger partial charge in [-0.25, -0.2) is 9.50 Å². The Balaban J connectivity index is 1.44. The number of amides is 1. The van der Waals surface area contributed by atoms with Gasteiger partial charge in [-0.1, -0.05) is 42.3 Å². The highest BCUT2D eigenvalue weighted by Gasteiger charge is 2.20. The second-order valence-electron chi connectivity index (χ2n) is 9.52. The molecule has 192 valence electrons. The number of fused-ring (bicyclic) bond motifs is 1. The van der Waals surface area contributed by atoms with Gasteiger partial charge in [0.15, 0.2) is 5.65 Å². The molecular weight excluding hydrogens is 486 g/mol. The molecule has 2 aromatic carbocycles. The van der Waals surface area contributed by atoms with Gasteiger partial charge in [-0.05, 0) is 63.1 Å². The summed E-state index contributed by atoms with van der Waals surface area (Å²) in [4.78, 5) is 20.8. The number of rotatable bonds is 8. The zero-order valence-corrected chi connectivity index (χ0v) is 22.0. The highest BCUT2D eigenvalue weighted by molar-refractivity contribution is 6.30. The van der Waals surface area contributed by atoms with Crippen LogP contribution in [0.1, 0.15) is 43.1 Å². The number of ether oxygens (including phenoxy) is 1. The predicted octanol–water partition coefficient (Wildman–Crippen LogP) is 5.72. The molecule has 1 atom stereocenters. The average Bonchev–Trinajstić information content (AvgIpc) is 3.36. The maximum absolute atomic E-state index is 13.4. The third kappa shape index (κ3) is 5.63. The van der Waals surface area contributed by atoms with E-state index in [1.165, 1.54) is 19.3 Å². The van der Waals surface area contributed by atoms with Crippen LogP contribution in [-0.2, 0) is 0 Å². The third-order valence-corrected chi connectivity index (χ3v) is 7.28. The Labute approximate surface area is 222 Å². The minimum atomic E-state index is -0.180.